The van der Waals surface area contributed by atoms with Crippen molar-refractivity contribution in [2.75, 3.05) is 13.2 Å². The van der Waals surface area contributed by atoms with Gasteiger partial charge in [0.2, 0.25) is 0 Å². The number of amides is 1. The third kappa shape index (κ3) is 3.72. The molecule has 1 saturated carbocycles. The highest BCUT2D eigenvalue weighted by atomic mass is 16.7. The van der Waals surface area contributed by atoms with E-state index in [0.717, 1.165) is 29.5 Å². The summed E-state index contributed by atoms with van der Waals surface area (Å²) in [6.45, 7) is 5.94. The monoisotopic (exact) mass is 373 g/mol. The molecule has 2 N–H and O–H groups in total. The third-order valence-electron chi connectivity index (χ3n) is 5.57. The van der Waals surface area contributed by atoms with Crippen molar-refractivity contribution in [3.05, 3.63) is 40.6 Å². The number of rotatable bonds is 4. The van der Waals surface area contributed by atoms with Crippen LogP contribution in [0.25, 0.3) is 5.57 Å². The second-order valence-electron chi connectivity index (χ2n) is 7.47. The number of nitrogens with one attached hydrogen (secondary N) is 1. The molecule has 6 heteroatoms. The molecule has 27 heavy (non-hydrogen) atoms. The Morgan fingerprint density at radius 3 is 2.63 bits per heavy atom. The molecule has 1 aromatic carbocycles. The van der Waals surface area contributed by atoms with E-state index in [9.17, 15) is 14.7 Å². The average Bonchev–Trinajstić information content (AvgIpc) is 2.89. The molecule has 0 aromatic heterocycles. The molecule has 3 rings (SSSR count). The summed E-state index contributed by atoms with van der Waals surface area (Å²) in [4.78, 5) is 25.1. The number of aliphatic hydroxyl groups is 1. The van der Waals surface area contributed by atoms with Gasteiger partial charge in [0.05, 0.1) is 17.7 Å². The summed E-state index contributed by atoms with van der Waals surface area (Å²) in [5, 5.41) is 12.5. The first-order valence-electron chi connectivity index (χ1n) is 9.50. The number of ether oxygens (including phenoxy) is 2. The number of hydrogen-bond donors (Lipinski definition) is 2. The molecule has 0 atom stereocenters. The van der Waals surface area contributed by atoms with E-state index in [2.05, 4.69) is 5.32 Å². The van der Waals surface area contributed by atoms with Crippen molar-refractivity contribution in [2.45, 2.75) is 52.0 Å². The molecule has 2 aliphatic rings. The minimum Gasteiger partial charge on any atom is -0.434 e. The van der Waals surface area contributed by atoms with Crippen LogP contribution in [-0.4, -0.2) is 35.9 Å². The van der Waals surface area contributed by atoms with Crippen LogP contribution in [0.4, 0.5) is 4.79 Å². The molecule has 0 unspecified atom stereocenters. The predicted molar refractivity (Wildman–Crippen MR) is 101 cm³/mol. The van der Waals surface area contributed by atoms with Crippen molar-refractivity contribution in [2.24, 2.45) is 5.92 Å². The molecule has 0 bridgehead atoms. The van der Waals surface area contributed by atoms with Gasteiger partial charge in [-0.1, -0.05) is 23.8 Å². The molecule has 1 aliphatic carbocycles. The van der Waals surface area contributed by atoms with Crippen LogP contribution < -0.4 is 5.32 Å². The SMILES string of the molecule is CCOC(=O)OC1=C(c2cc(C)ccc2C)C(=O)N[C@]12CC[C@@H](CO)CC2. The summed E-state index contributed by atoms with van der Waals surface area (Å²) >= 11 is 0. The lowest BCUT2D eigenvalue weighted by Gasteiger charge is -2.37. The third-order valence-corrected chi connectivity index (χ3v) is 5.57. The molecule has 1 spiro atoms. The van der Waals surface area contributed by atoms with Crippen LogP contribution in [0.2, 0.25) is 0 Å². The maximum Gasteiger partial charge on any atom is 0.513 e. The van der Waals surface area contributed by atoms with Crippen LogP contribution in [-0.2, 0) is 14.3 Å². The number of benzene rings is 1. The lowest BCUT2D eigenvalue weighted by molar-refractivity contribution is -0.116. The maximum absolute atomic E-state index is 13.0. The lowest BCUT2D eigenvalue weighted by atomic mass is 9.75. The van der Waals surface area contributed by atoms with E-state index in [1.807, 2.05) is 32.0 Å². The first kappa shape index (κ1) is 19.4. The van der Waals surface area contributed by atoms with Crippen LogP contribution in [0.1, 0.15) is 49.3 Å². The highest BCUT2D eigenvalue weighted by molar-refractivity contribution is 6.23. The average molecular weight is 373 g/mol. The van der Waals surface area contributed by atoms with Gasteiger partial charge in [0.25, 0.3) is 5.91 Å². The first-order valence-corrected chi connectivity index (χ1v) is 9.50. The summed E-state index contributed by atoms with van der Waals surface area (Å²) in [5.41, 5.74) is 2.42. The van der Waals surface area contributed by atoms with E-state index in [-0.39, 0.29) is 25.0 Å². The van der Waals surface area contributed by atoms with Gasteiger partial charge in [0, 0.05) is 6.61 Å². The fraction of sp³-hybridized carbons (Fsp3) is 0.524. The fourth-order valence-corrected chi connectivity index (χ4v) is 4.01. The summed E-state index contributed by atoms with van der Waals surface area (Å²) < 4.78 is 10.6. The Balaban J connectivity index is 2.08. The Bertz CT molecular complexity index is 775. The van der Waals surface area contributed by atoms with Crippen molar-refractivity contribution in [1.29, 1.82) is 0 Å². The van der Waals surface area contributed by atoms with E-state index in [1.165, 1.54) is 0 Å². The molecule has 0 saturated heterocycles. The summed E-state index contributed by atoms with van der Waals surface area (Å²) in [6, 6.07) is 5.89. The number of carbonyl (C=O) groups excluding carboxylic acids is 2. The van der Waals surface area contributed by atoms with Crippen molar-refractivity contribution >= 4 is 17.6 Å². The van der Waals surface area contributed by atoms with E-state index in [1.54, 1.807) is 6.92 Å². The van der Waals surface area contributed by atoms with Crippen LogP contribution >= 0.6 is 0 Å². The quantitative estimate of drug-likeness (QED) is 0.792. The molecular weight excluding hydrogens is 346 g/mol. The van der Waals surface area contributed by atoms with Crippen LogP contribution in [0.5, 0.6) is 0 Å². The first-order chi connectivity index (χ1) is 12.9. The minimum absolute atomic E-state index is 0.131. The van der Waals surface area contributed by atoms with Gasteiger partial charge in [0.1, 0.15) is 5.76 Å². The minimum atomic E-state index is -0.796. The lowest BCUT2D eigenvalue weighted by Crippen LogP contribution is -2.48. The van der Waals surface area contributed by atoms with Gasteiger partial charge in [0.15, 0.2) is 0 Å². The summed E-state index contributed by atoms with van der Waals surface area (Å²) in [5.74, 6) is 0.336. The Morgan fingerprint density at radius 2 is 2.00 bits per heavy atom. The molecule has 1 aliphatic heterocycles. The van der Waals surface area contributed by atoms with Gasteiger partial charge < -0.3 is 19.9 Å². The molecule has 0 radical (unpaired) electrons. The van der Waals surface area contributed by atoms with Gasteiger partial charge in [-0.3, -0.25) is 4.79 Å². The van der Waals surface area contributed by atoms with Crippen molar-refractivity contribution in [3.63, 3.8) is 0 Å². The highest BCUT2D eigenvalue weighted by Gasteiger charge is 2.50. The van der Waals surface area contributed by atoms with Crippen molar-refractivity contribution < 1.29 is 24.2 Å². The van der Waals surface area contributed by atoms with Crippen molar-refractivity contribution in [3.8, 4) is 0 Å². The molecule has 6 nitrogen and oxygen atoms in total. The smallest absolute Gasteiger partial charge is 0.434 e. The summed E-state index contributed by atoms with van der Waals surface area (Å²) in [6.07, 6.45) is 1.95. The molecule has 146 valence electrons. The van der Waals surface area contributed by atoms with Gasteiger partial charge >= 0.3 is 6.16 Å². The number of aliphatic hydroxyl groups excluding tert-OH is 1. The second kappa shape index (κ2) is 7.72. The largest absolute Gasteiger partial charge is 0.513 e. The van der Waals surface area contributed by atoms with Gasteiger partial charge in [-0.25, -0.2) is 4.79 Å². The van der Waals surface area contributed by atoms with E-state index >= 15 is 0 Å². The van der Waals surface area contributed by atoms with Crippen molar-refractivity contribution in [1.82, 2.24) is 5.32 Å². The molecule has 1 heterocycles. The maximum atomic E-state index is 13.0. The standard InChI is InChI=1S/C21H27NO5/c1-4-26-20(25)27-18-17(16-11-13(2)5-6-14(16)3)19(24)22-21(18)9-7-15(12-23)8-10-21/h5-6,11,15,23H,4,7-10,12H2,1-3H3,(H,22,24)/t15-,21+. The summed E-state index contributed by atoms with van der Waals surface area (Å²) in [7, 11) is 0. The zero-order chi connectivity index (χ0) is 19.6. The normalized spacial score (nSPS) is 24.9. The Labute approximate surface area is 159 Å². The zero-order valence-corrected chi connectivity index (χ0v) is 16.1. The molecule has 1 aromatic rings. The van der Waals surface area contributed by atoms with Crippen LogP contribution in [0, 0.1) is 19.8 Å². The zero-order valence-electron chi connectivity index (χ0n) is 16.1. The Morgan fingerprint density at radius 1 is 1.30 bits per heavy atom. The van der Waals surface area contributed by atoms with Gasteiger partial charge in [-0.05, 0) is 63.5 Å². The fourth-order valence-electron chi connectivity index (χ4n) is 4.01. The van der Waals surface area contributed by atoms with E-state index in [0.29, 0.717) is 24.2 Å². The van der Waals surface area contributed by atoms with Crippen LogP contribution in [0.15, 0.2) is 24.0 Å². The van der Waals surface area contributed by atoms with Gasteiger partial charge in [-0.15, -0.1) is 0 Å². The predicted octanol–water partition coefficient (Wildman–Crippen LogP) is 3.24. The Hall–Kier alpha value is -2.34. The van der Waals surface area contributed by atoms with E-state index in [4.69, 9.17) is 9.47 Å². The number of aryl methyl sites for hydroxylation is 2. The number of hydrogen-bond acceptors (Lipinski definition) is 5. The molecule has 1 fully saturated rings. The van der Waals surface area contributed by atoms with Gasteiger partial charge in [-0.2, -0.15) is 0 Å². The van der Waals surface area contributed by atoms with E-state index < -0.39 is 11.7 Å². The second-order valence-corrected chi connectivity index (χ2v) is 7.47. The number of carbonyl (C=O) groups is 2. The van der Waals surface area contributed by atoms with Crippen LogP contribution in [0.3, 0.4) is 0 Å². The molecule has 1 amide bonds. The Kier molecular flexibility index (Phi) is 5.56. The molecular formula is C21H27NO5. The topological polar surface area (TPSA) is 84.9 Å². The highest BCUT2D eigenvalue weighted by Crippen LogP contribution is 2.45.